The molecule has 41 heavy (non-hydrogen) atoms. The van der Waals surface area contributed by atoms with Gasteiger partial charge in [-0.05, 0) is 35.4 Å². The summed E-state index contributed by atoms with van der Waals surface area (Å²) in [6.07, 6.45) is -3.02. The van der Waals surface area contributed by atoms with Crippen molar-refractivity contribution in [2.24, 2.45) is 0 Å². The summed E-state index contributed by atoms with van der Waals surface area (Å²) in [4.78, 5) is 27.6. The zero-order valence-electron chi connectivity index (χ0n) is 21.0. The maximum atomic E-state index is 14.3. The third-order valence-corrected chi connectivity index (χ3v) is 7.99. The first-order valence-corrected chi connectivity index (χ1v) is 12.7. The molecule has 0 radical (unpaired) electrons. The molecule has 5 unspecified atom stereocenters. The second kappa shape index (κ2) is 8.26. The van der Waals surface area contributed by atoms with E-state index in [1.54, 1.807) is 0 Å². The topological polar surface area (TPSA) is 183 Å². The monoisotopic (exact) mass is 558 g/mol. The molecule has 1 aliphatic carbocycles. The number of aliphatic hydroxyl groups excluding tert-OH is 1. The molecular weight excluding hydrogens is 536 g/mol. The number of hydrogen-bond donors (Lipinski definition) is 6. The molecule has 1 saturated heterocycles. The van der Waals surface area contributed by atoms with Crippen LogP contribution in [-0.2, 0) is 14.3 Å². The van der Waals surface area contributed by atoms with Crippen molar-refractivity contribution in [1.82, 2.24) is 0 Å². The van der Waals surface area contributed by atoms with Crippen LogP contribution < -0.4 is 4.74 Å². The van der Waals surface area contributed by atoms with Crippen molar-refractivity contribution in [3.8, 4) is 28.7 Å². The number of carbonyl (C=O) groups excluding carboxylic acids is 2. The molecule has 1 spiro atoms. The minimum atomic E-state index is -2.68. The summed E-state index contributed by atoms with van der Waals surface area (Å²) in [6.45, 7) is 0. The number of hydrogen-bond acceptors (Lipinski definition) is 11. The van der Waals surface area contributed by atoms with Gasteiger partial charge in [0.05, 0.1) is 6.10 Å². The molecule has 3 aromatic carbocycles. The third kappa shape index (κ3) is 3.21. The highest BCUT2D eigenvalue weighted by Crippen LogP contribution is 2.63. The Morgan fingerprint density at radius 1 is 0.805 bits per heavy atom. The summed E-state index contributed by atoms with van der Waals surface area (Å²) >= 11 is 0. The van der Waals surface area contributed by atoms with E-state index in [-0.39, 0.29) is 46.3 Å². The zero-order chi connectivity index (χ0) is 28.8. The standard InChI is InChI=1S/C30H22O11/c31-15-5-1-13(2-6-15)25-21(36)11-18-19(34)12-23-30(28(18)40-25)29(38,27(39-23)14-3-7-16(32)8-4-14)26(37)24-20(35)9-17(33)10-22(24)41-30/h1-10,12,21,25,27,31-33,35-36,38H,11H2. The lowest BCUT2D eigenvalue weighted by atomic mass is 9.66. The average Bonchev–Trinajstić information content (AvgIpc) is 3.19. The molecule has 0 aromatic heterocycles. The molecule has 208 valence electrons. The number of carbonyl (C=O) groups is 2. The van der Waals surface area contributed by atoms with Gasteiger partial charge in [0, 0.05) is 30.2 Å². The van der Waals surface area contributed by atoms with Gasteiger partial charge in [0.1, 0.15) is 40.4 Å². The van der Waals surface area contributed by atoms with Crippen molar-refractivity contribution in [3.05, 3.63) is 101 Å². The predicted octanol–water partition coefficient (Wildman–Crippen LogP) is 2.57. The summed E-state index contributed by atoms with van der Waals surface area (Å²) in [5.41, 5.74) is -4.81. The van der Waals surface area contributed by atoms with Gasteiger partial charge in [-0.15, -0.1) is 0 Å². The van der Waals surface area contributed by atoms with Gasteiger partial charge in [0.25, 0.3) is 5.60 Å². The van der Waals surface area contributed by atoms with Gasteiger partial charge < -0.3 is 44.8 Å². The third-order valence-electron chi connectivity index (χ3n) is 7.99. The summed E-state index contributed by atoms with van der Waals surface area (Å²) in [5, 5.41) is 64.0. The highest BCUT2D eigenvalue weighted by Gasteiger charge is 2.78. The Balaban J connectivity index is 1.49. The van der Waals surface area contributed by atoms with Gasteiger partial charge in [-0.2, -0.15) is 0 Å². The van der Waals surface area contributed by atoms with Crippen LogP contribution in [0.15, 0.2) is 83.8 Å². The Bertz CT molecular complexity index is 1710. The van der Waals surface area contributed by atoms with Crippen LogP contribution in [0.4, 0.5) is 0 Å². The van der Waals surface area contributed by atoms with Gasteiger partial charge in [-0.25, -0.2) is 0 Å². The molecule has 0 amide bonds. The molecule has 3 heterocycles. The lowest BCUT2D eigenvalue weighted by Gasteiger charge is -2.48. The minimum Gasteiger partial charge on any atom is -0.508 e. The first kappa shape index (κ1) is 25.0. The first-order valence-electron chi connectivity index (χ1n) is 12.7. The quantitative estimate of drug-likeness (QED) is 0.272. The second-order valence-electron chi connectivity index (χ2n) is 10.4. The summed E-state index contributed by atoms with van der Waals surface area (Å²) in [7, 11) is 0. The number of aromatic hydroxyl groups is 4. The van der Waals surface area contributed by atoms with E-state index >= 15 is 0 Å². The number of ether oxygens (including phenoxy) is 3. The smallest absolute Gasteiger partial charge is 0.262 e. The summed E-state index contributed by atoms with van der Waals surface area (Å²) in [5.74, 6) is -3.65. The van der Waals surface area contributed by atoms with Crippen molar-refractivity contribution in [1.29, 1.82) is 0 Å². The molecule has 0 bridgehead atoms. The number of fused-ring (bicyclic) bond motifs is 1. The fourth-order valence-electron chi connectivity index (χ4n) is 6.10. The second-order valence-corrected chi connectivity index (χ2v) is 10.4. The minimum absolute atomic E-state index is 0.0247. The number of Topliss-reactive ketones (excluding diaryl/α,β-unsaturated/α-hetero) is 1. The van der Waals surface area contributed by atoms with Crippen LogP contribution in [0.1, 0.15) is 40.1 Å². The van der Waals surface area contributed by atoms with Gasteiger partial charge in [0.2, 0.25) is 11.4 Å². The van der Waals surface area contributed by atoms with Crippen molar-refractivity contribution >= 4 is 11.6 Å². The van der Waals surface area contributed by atoms with Crippen molar-refractivity contribution < 1.29 is 54.4 Å². The van der Waals surface area contributed by atoms with Crippen LogP contribution in [0.2, 0.25) is 0 Å². The van der Waals surface area contributed by atoms with E-state index in [2.05, 4.69) is 0 Å². The number of phenolic OH excluding ortho intramolecular Hbond substituents is 4. The Kier molecular flexibility index (Phi) is 5.03. The summed E-state index contributed by atoms with van der Waals surface area (Å²) in [6, 6.07) is 13.3. The van der Waals surface area contributed by atoms with E-state index in [1.807, 2.05) is 0 Å². The van der Waals surface area contributed by atoms with E-state index in [4.69, 9.17) is 14.2 Å². The predicted molar refractivity (Wildman–Crippen MR) is 137 cm³/mol. The number of rotatable bonds is 2. The summed E-state index contributed by atoms with van der Waals surface area (Å²) < 4.78 is 18.7. The molecular formula is C30H22O11. The highest BCUT2D eigenvalue weighted by molar-refractivity contribution is 6.13. The molecule has 1 fully saturated rings. The fraction of sp³-hybridized carbons (Fsp3) is 0.200. The van der Waals surface area contributed by atoms with E-state index in [1.165, 1.54) is 48.5 Å². The largest absolute Gasteiger partial charge is 0.508 e. The normalized spacial score (nSPS) is 29.7. The molecule has 11 heteroatoms. The van der Waals surface area contributed by atoms with Crippen LogP contribution >= 0.6 is 0 Å². The van der Waals surface area contributed by atoms with Gasteiger partial charge in [0.15, 0.2) is 23.4 Å². The van der Waals surface area contributed by atoms with E-state index in [0.717, 1.165) is 18.2 Å². The lowest BCUT2D eigenvalue weighted by molar-refractivity contribution is -0.130. The SMILES string of the molecule is O=C1C=C2OC(c3ccc(O)cc3)C3(O)C(=O)c4c(O)cc(O)cc4OC23C2=C1CC(O)C(c1ccc(O)cc1)O2. The molecule has 6 N–H and O–H groups in total. The Labute approximate surface area is 231 Å². The average molecular weight is 558 g/mol. The number of phenols is 4. The number of aliphatic hydroxyl groups is 2. The van der Waals surface area contributed by atoms with E-state index in [0.29, 0.717) is 5.56 Å². The van der Waals surface area contributed by atoms with Crippen LogP contribution in [0.5, 0.6) is 28.7 Å². The lowest BCUT2D eigenvalue weighted by Crippen LogP contribution is -2.67. The van der Waals surface area contributed by atoms with Gasteiger partial charge in [-0.3, -0.25) is 9.59 Å². The van der Waals surface area contributed by atoms with E-state index in [9.17, 15) is 40.2 Å². The molecule has 0 saturated carbocycles. The van der Waals surface area contributed by atoms with Crippen LogP contribution in [0.3, 0.4) is 0 Å². The fourth-order valence-corrected chi connectivity index (χ4v) is 6.10. The molecule has 3 aliphatic heterocycles. The molecule has 5 atom stereocenters. The Morgan fingerprint density at radius 3 is 2.10 bits per heavy atom. The molecule has 3 aromatic rings. The van der Waals surface area contributed by atoms with Crippen LogP contribution in [-0.4, -0.2) is 59.5 Å². The molecule has 11 nitrogen and oxygen atoms in total. The molecule has 7 rings (SSSR count). The van der Waals surface area contributed by atoms with Crippen molar-refractivity contribution in [2.75, 3.05) is 0 Å². The van der Waals surface area contributed by atoms with Gasteiger partial charge in [-0.1, -0.05) is 24.3 Å². The van der Waals surface area contributed by atoms with Crippen LogP contribution in [0, 0.1) is 0 Å². The first-order chi connectivity index (χ1) is 19.5. The van der Waals surface area contributed by atoms with Crippen molar-refractivity contribution in [2.45, 2.75) is 35.9 Å². The van der Waals surface area contributed by atoms with Crippen LogP contribution in [0.25, 0.3) is 0 Å². The number of ketones is 2. The van der Waals surface area contributed by atoms with Crippen molar-refractivity contribution in [3.63, 3.8) is 0 Å². The van der Waals surface area contributed by atoms with Gasteiger partial charge >= 0.3 is 0 Å². The Morgan fingerprint density at radius 2 is 1.44 bits per heavy atom. The highest BCUT2D eigenvalue weighted by atomic mass is 16.6. The number of allylic oxidation sites excluding steroid dienone is 1. The Hall–Kier alpha value is -5.00. The number of benzene rings is 3. The maximum absolute atomic E-state index is 14.3. The maximum Gasteiger partial charge on any atom is 0.262 e. The zero-order valence-corrected chi connectivity index (χ0v) is 21.0. The molecule has 4 aliphatic rings. The van der Waals surface area contributed by atoms with E-state index < -0.39 is 58.1 Å².